The van der Waals surface area contributed by atoms with E-state index >= 15 is 0 Å². The summed E-state index contributed by atoms with van der Waals surface area (Å²) >= 11 is 1.05. The van der Waals surface area contributed by atoms with E-state index in [2.05, 4.69) is 9.47 Å². The van der Waals surface area contributed by atoms with Gasteiger partial charge >= 0.3 is 11.9 Å². The van der Waals surface area contributed by atoms with Crippen LogP contribution >= 0.6 is 11.8 Å². The maximum Gasteiger partial charge on any atom is 0.377 e. The molecule has 96 valence electrons. The number of thioether (sulfide) groups is 1. The topological polar surface area (TPSA) is 113 Å². The van der Waals surface area contributed by atoms with E-state index in [-0.39, 0.29) is 11.5 Å². The van der Waals surface area contributed by atoms with Crippen molar-refractivity contribution in [2.24, 2.45) is 0 Å². The molecule has 0 fully saturated rings. The molecule has 7 nitrogen and oxygen atoms in total. The average molecular weight is 264 g/mol. The molecule has 3 N–H and O–H groups in total. The van der Waals surface area contributed by atoms with Crippen molar-refractivity contribution in [3.05, 3.63) is 11.5 Å². The molecule has 0 aliphatic carbocycles. The van der Waals surface area contributed by atoms with Crippen LogP contribution in [0.1, 0.15) is 0 Å². The van der Waals surface area contributed by atoms with E-state index in [1.165, 1.54) is 7.11 Å². The molecular weight excluding hydrogens is 252 g/mol. The molecular formula is C9H12O7S. The lowest BCUT2D eigenvalue weighted by Gasteiger charge is -2.16. The zero-order valence-electron chi connectivity index (χ0n) is 8.95. The van der Waals surface area contributed by atoms with Crippen LogP contribution in [0.25, 0.3) is 0 Å². The van der Waals surface area contributed by atoms with Crippen LogP contribution < -0.4 is 0 Å². The van der Waals surface area contributed by atoms with Crippen LogP contribution in [0.15, 0.2) is 11.5 Å². The Morgan fingerprint density at radius 3 is 2.71 bits per heavy atom. The van der Waals surface area contributed by atoms with E-state index in [1.807, 2.05) is 0 Å². The zero-order valence-corrected chi connectivity index (χ0v) is 9.77. The van der Waals surface area contributed by atoms with Crippen LogP contribution in [0, 0.1) is 0 Å². The minimum absolute atomic E-state index is 0.0324. The van der Waals surface area contributed by atoms with E-state index in [0.29, 0.717) is 0 Å². The molecule has 0 saturated heterocycles. The van der Waals surface area contributed by atoms with Crippen LogP contribution in [0.2, 0.25) is 0 Å². The Morgan fingerprint density at radius 1 is 1.59 bits per heavy atom. The maximum absolute atomic E-state index is 10.8. The lowest BCUT2D eigenvalue weighted by Crippen LogP contribution is -2.31. The smallest absolute Gasteiger partial charge is 0.377 e. The monoisotopic (exact) mass is 264 g/mol. The van der Waals surface area contributed by atoms with Gasteiger partial charge in [-0.2, -0.15) is 0 Å². The minimum atomic E-state index is -1.28. The highest BCUT2D eigenvalue weighted by molar-refractivity contribution is 7.99. The molecule has 0 aromatic rings. The van der Waals surface area contributed by atoms with Gasteiger partial charge in [0.25, 0.3) is 0 Å². The van der Waals surface area contributed by atoms with E-state index in [4.69, 9.17) is 5.11 Å². The fourth-order valence-electron chi connectivity index (χ4n) is 1.14. The number of esters is 2. The molecule has 17 heavy (non-hydrogen) atoms. The molecule has 1 heterocycles. The van der Waals surface area contributed by atoms with Gasteiger partial charge in [-0.05, 0) is 0 Å². The van der Waals surface area contributed by atoms with Crippen molar-refractivity contribution in [2.45, 2.75) is 12.2 Å². The first-order valence-electron chi connectivity index (χ1n) is 4.63. The maximum atomic E-state index is 10.8. The third-order valence-corrected chi connectivity index (χ3v) is 3.04. The van der Waals surface area contributed by atoms with Crippen molar-refractivity contribution in [1.29, 1.82) is 0 Å². The van der Waals surface area contributed by atoms with Crippen molar-refractivity contribution in [3.8, 4) is 0 Å². The standard InChI is InChI=1S/C9H12O7S/c1-15-5(11)3-17-2-4(10)8-6(12)7(13)9(14)16-8/h4,8,10,12-13H,2-3H2,1H3/t4-,8+/m0/s1. The number of ether oxygens (including phenoxy) is 2. The summed E-state index contributed by atoms with van der Waals surface area (Å²) in [6.07, 6.45) is -2.49. The summed E-state index contributed by atoms with van der Waals surface area (Å²) in [5.41, 5.74) is 0. The Hall–Kier alpha value is -1.41. The Balaban J connectivity index is 2.42. The van der Waals surface area contributed by atoms with Gasteiger partial charge in [-0.15, -0.1) is 11.8 Å². The molecule has 0 unspecified atom stereocenters. The van der Waals surface area contributed by atoms with Gasteiger partial charge < -0.3 is 24.8 Å². The third kappa shape index (κ3) is 3.27. The van der Waals surface area contributed by atoms with Gasteiger partial charge in [0.05, 0.1) is 12.9 Å². The molecule has 0 saturated carbocycles. The molecule has 0 spiro atoms. The van der Waals surface area contributed by atoms with Crippen molar-refractivity contribution >= 4 is 23.7 Å². The summed E-state index contributed by atoms with van der Waals surface area (Å²) < 4.78 is 8.93. The number of hydrogen-bond acceptors (Lipinski definition) is 8. The lowest BCUT2D eigenvalue weighted by molar-refractivity contribution is -0.146. The lowest BCUT2D eigenvalue weighted by atomic mass is 10.2. The predicted molar refractivity (Wildman–Crippen MR) is 57.5 cm³/mol. The molecule has 0 aromatic carbocycles. The highest BCUT2D eigenvalue weighted by Gasteiger charge is 2.39. The zero-order chi connectivity index (χ0) is 13.0. The van der Waals surface area contributed by atoms with Crippen LogP contribution in [0.5, 0.6) is 0 Å². The Labute approximate surface area is 101 Å². The second-order valence-corrected chi connectivity index (χ2v) is 4.25. The molecule has 2 atom stereocenters. The van der Waals surface area contributed by atoms with Gasteiger partial charge in [0.1, 0.15) is 6.10 Å². The fraction of sp³-hybridized carbons (Fsp3) is 0.556. The van der Waals surface area contributed by atoms with E-state index < -0.39 is 35.7 Å². The summed E-state index contributed by atoms with van der Waals surface area (Å²) in [5.74, 6) is -3.04. The number of aliphatic hydroxyl groups excluding tert-OH is 3. The van der Waals surface area contributed by atoms with Crippen LogP contribution in [0.4, 0.5) is 0 Å². The van der Waals surface area contributed by atoms with E-state index in [0.717, 1.165) is 11.8 Å². The SMILES string of the molecule is COC(=O)CSC[C@H](O)[C@H]1OC(=O)C(O)=C1O. The second-order valence-electron chi connectivity index (χ2n) is 3.22. The first-order chi connectivity index (χ1) is 7.97. The van der Waals surface area contributed by atoms with Crippen molar-refractivity contribution in [1.82, 2.24) is 0 Å². The quantitative estimate of drug-likeness (QED) is 0.570. The minimum Gasteiger partial charge on any atom is -0.505 e. The van der Waals surface area contributed by atoms with Gasteiger partial charge in [0.15, 0.2) is 11.9 Å². The second kappa shape index (κ2) is 5.78. The summed E-state index contributed by atoms with van der Waals surface area (Å²) in [5, 5.41) is 27.9. The number of carbonyl (C=O) groups excluding carboxylic acids is 2. The van der Waals surface area contributed by atoms with Gasteiger partial charge in [-0.25, -0.2) is 4.79 Å². The number of hydrogen-bond donors (Lipinski definition) is 3. The average Bonchev–Trinajstić information content (AvgIpc) is 2.56. The summed E-state index contributed by atoms with van der Waals surface area (Å²) in [6, 6.07) is 0. The number of cyclic esters (lactones) is 1. The Morgan fingerprint density at radius 2 is 2.24 bits per heavy atom. The molecule has 0 amide bonds. The van der Waals surface area contributed by atoms with Gasteiger partial charge in [0, 0.05) is 5.75 Å². The fourth-order valence-corrected chi connectivity index (χ4v) is 1.96. The van der Waals surface area contributed by atoms with Crippen molar-refractivity contribution in [3.63, 3.8) is 0 Å². The molecule has 1 aliphatic rings. The largest absolute Gasteiger partial charge is 0.505 e. The van der Waals surface area contributed by atoms with Crippen molar-refractivity contribution < 1.29 is 34.4 Å². The van der Waals surface area contributed by atoms with Crippen LogP contribution in [0.3, 0.4) is 0 Å². The Bertz CT molecular complexity index is 351. The van der Waals surface area contributed by atoms with Gasteiger partial charge in [-0.3, -0.25) is 4.79 Å². The number of methoxy groups -OCH3 is 1. The molecule has 0 aromatic heterocycles. The highest BCUT2D eigenvalue weighted by atomic mass is 32.2. The van der Waals surface area contributed by atoms with Crippen LogP contribution in [-0.2, 0) is 19.1 Å². The molecule has 8 heteroatoms. The number of rotatable bonds is 5. The highest BCUT2D eigenvalue weighted by Crippen LogP contribution is 2.23. The number of aliphatic hydroxyl groups is 3. The molecule has 0 bridgehead atoms. The molecule has 1 rings (SSSR count). The summed E-state index contributed by atoms with van der Waals surface area (Å²) in [7, 11) is 1.24. The van der Waals surface area contributed by atoms with E-state index in [1.54, 1.807) is 0 Å². The van der Waals surface area contributed by atoms with Crippen LogP contribution in [-0.4, -0.2) is 58.1 Å². The van der Waals surface area contributed by atoms with Gasteiger partial charge in [-0.1, -0.05) is 0 Å². The molecule has 0 radical (unpaired) electrons. The summed E-state index contributed by atoms with van der Waals surface area (Å²) in [6.45, 7) is 0. The number of carbonyl (C=O) groups is 2. The Kier molecular flexibility index (Phi) is 4.64. The normalized spacial score (nSPS) is 21.3. The first-order valence-corrected chi connectivity index (χ1v) is 5.78. The molecule has 1 aliphatic heterocycles. The van der Waals surface area contributed by atoms with E-state index in [9.17, 15) is 19.8 Å². The first kappa shape index (κ1) is 13.7. The third-order valence-electron chi connectivity index (χ3n) is 2.03. The summed E-state index contributed by atoms with van der Waals surface area (Å²) in [4.78, 5) is 21.6. The van der Waals surface area contributed by atoms with Crippen molar-refractivity contribution in [2.75, 3.05) is 18.6 Å². The predicted octanol–water partition coefficient (Wildman–Crippen LogP) is -0.493. The van der Waals surface area contributed by atoms with Gasteiger partial charge in [0.2, 0.25) is 5.76 Å².